The van der Waals surface area contributed by atoms with Gasteiger partial charge in [0.05, 0.1) is 20.8 Å². The summed E-state index contributed by atoms with van der Waals surface area (Å²) in [4.78, 5) is 12.5. The molecule has 7 nitrogen and oxygen atoms in total. The Hall–Kier alpha value is -2.93. The summed E-state index contributed by atoms with van der Waals surface area (Å²) in [7, 11) is 2.75. The van der Waals surface area contributed by atoms with Crippen LogP contribution in [0.3, 0.4) is 0 Å². The third-order valence-electron chi connectivity index (χ3n) is 3.36. The van der Waals surface area contributed by atoms with Crippen LogP contribution in [0.1, 0.15) is 10.4 Å². The molecule has 0 saturated heterocycles. The van der Waals surface area contributed by atoms with E-state index in [1.54, 1.807) is 24.3 Å². The van der Waals surface area contributed by atoms with Crippen molar-refractivity contribution >= 4 is 5.78 Å². The Kier molecular flexibility index (Phi) is 5.49. The molecule has 0 aliphatic heterocycles. The van der Waals surface area contributed by atoms with E-state index in [0.717, 1.165) is 6.07 Å². The van der Waals surface area contributed by atoms with E-state index in [9.17, 15) is 20.1 Å². The highest BCUT2D eigenvalue weighted by molar-refractivity contribution is 6.00. The smallest absolute Gasteiger partial charge is 0.205 e. The predicted octanol–water partition coefficient (Wildman–Crippen LogP) is 1.74. The molecule has 0 aliphatic rings. The van der Waals surface area contributed by atoms with Crippen molar-refractivity contribution in [3.05, 3.63) is 42.0 Å². The van der Waals surface area contributed by atoms with Crippen molar-refractivity contribution in [2.45, 2.75) is 6.10 Å². The monoisotopic (exact) mass is 334 g/mol. The van der Waals surface area contributed by atoms with Gasteiger partial charge in [0, 0.05) is 5.56 Å². The number of methoxy groups -OCH3 is 2. The lowest BCUT2D eigenvalue weighted by atomic mass is 10.0. The van der Waals surface area contributed by atoms with Crippen molar-refractivity contribution in [2.75, 3.05) is 20.8 Å². The number of benzene rings is 2. The quantitative estimate of drug-likeness (QED) is 0.523. The predicted molar refractivity (Wildman–Crippen MR) is 85.1 cm³/mol. The number of carbonyl (C=O) groups is 1. The number of aromatic hydroxyl groups is 2. The zero-order valence-corrected chi connectivity index (χ0v) is 13.2. The molecule has 0 bridgehead atoms. The van der Waals surface area contributed by atoms with Gasteiger partial charge in [-0.1, -0.05) is 12.1 Å². The molecule has 0 spiro atoms. The standard InChI is InChI=1S/C17H18O7/c1-22-12-5-3-4-6-13(12)24-15(9-18)16(20)10-7-11(19)17(21)14(8-10)23-2/h3-8,15,18-19,21H,9H2,1-2H3. The molecule has 0 aromatic heterocycles. The van der Waals surface area contributed by atoms with Gasteiger partial charge in [0.2, 0.25) is 11.5 Å². The molecule has 0 saturated carbocycles. The first kappa shape index (κ1) is 17.4. The lowest BCUT2D eigenvalue weighted by molar-refractivity contribution is 0.0651. The number of aliphatic hydroxyl groups is 1. The number of Topliss-reactive ketones (excluding diaryl/α,β-unsaturated/α-hetero) is 1. The average Bonchev–Trinajstić information content (AvgIpc) is 2.61. The third kappa shape index (κ3) is 3.52. The summed E-state index contributed by atoms with van der Waals surface area (Å²) in [6.07, 6.45) is -1.21. The minimum Gasteiger partial charge on any atom is -0.504 e. The first-order valence-electron chi connectivity index (χ1n) is 7.06. The molecule has 2 rings (SSSR count). The summed E-state index contributed by atoms with van der Waals surface area (Å²) >= 11 is 0. The molecule has 128 valence electrons. The van der Waals surface area contributed by atoms with Crippen LogP contribution in [-0.2, 0) is 0 Å². The molecule has 1 unspecified atom stereocenters. The first-order chi connectivity index (χ1) is 11.5. The average molecular weight is 334 g/mol. The number of phenolic OH excluding ortho intramolecular Hbond substituents is 2. The van der Waals surface area contributed by atoms with E-state index in [1.165, 1.54) is 20.3 Å². The second kappa shape index (κ2) is 7.56. The number of ether oxygens (including phenoxy) is 3. The highest BCUT2D eigenvalue weighted by Crippen LogP contribution is 2.37. The summed E-state index contributed by atoms with van der Waals surface area (Å²) in [5.74, 6) is -0.923. The van der Waals surface area contributed by atoms with Crippen LogP contribution in [0.2, 0.25) is 0 Å². The topological polar surface area (TPSA) is 105 Å². The van der Waals surface area contributed by atoms with Crippen LogP contribution < -0.4 is 14.2 Å². The summed E-state index contributed by atoms with van der Waals surface area (Å²) in [5.41, 5.74) is 0.0242. The summed E-state index contributed by atoms with van der Waals surface area (Å²) in [6.45, 7) is -0.583. The van der Waals surface area contributed by atoms with Crippen molar-refractivity contribution in [3.63, 3.8) is 0 Å². The lowest BCUT2D eigenvalue weighted by Crippen LogP contribution is -2.31. The fraction of sp³-hybridized carbons (Fsp3) is 0.235. The molecule has 0 heterocycles. The molecule has 7 heteroatoms. The van der Waals surface area contributed by atoms with E-state index in [0.29, 0.717) is 11.5 Å². The van der Waals surface area contributed by atoms with E-state index in [2.05, 4.69) is 0 Å². The van der Waals surface area contributed by atoms with Crippen LogP contribution in [0.25, 0.3) is 0 Å². The van der Waals surface area contributed by atoms with E-state index in [1.807, 2.05) is 0 Å². The van der Waals surface area contributed by atoms with Gasteiger partial charge in [-0.25, -0.2) is 0 Å². The van der Waals surface area contributed by atoms with E-state index < -0.39 is 30.0 Å². The van der Waals surface area contributed by atoms with Gasteiger partial charge in [-0.15, -0.1) is 0 Å². The number of phenols is 2. The van der Waals surface area contributed by atoms with E-state index in [-0.39, 0.29) is 11.3 Å². The number of para-hydroxylation sites is 2. The zero-order valence-electron chi connectivity index (χ0n) is 13.2. The zero-order chi connectivity index (χ0) is 17.7. The number of ketones is 1. The Morgan fingerprint density at radius 1 is 1.04 bits per heavy atom. The van der Waals surface area contributed by atoms with Crippen LogP contribution in [0.5, 0.6) is 28.7 Å². The van der Waals surface area contributed by atoms with Crippen LogP contribution in [0.15, 0.2) is 36.4 Å². The lowest BCUT2D eigenvalue weighted by Gasteiger charge is -2.18. The van der Waals surface area contributed by atoms with Crippen LogP contribution in [0.4, 0.5) is 0 Å². The minimum absolute atomic E-state index is 0.0242. The van der Waals surface area contributed by atoms with E-state index in [4.69, 9.17) is 14.2 Å². The fourth-order valence-corrected chi connectivity index (χ4v) is 2.12. The van der Waals surface area contributed by atoms with Gasteiger partial charge in [0.1, 0.15) is 0 Å². The Bertz CT molecular complexity index is 727. The van der Waals surface area contributed by atoms with Gasteiger partial charge in [0.15, 0.2) is 29.1 Å². The third-order valence-corrected chi connectivity index (χ3v) is 3.36. The van der Waals surface area contributed by atoms with Crippen molar-refractivity contribution in [1.82, 2.24) is 0 Å². The van der Waals surface area contributed by atoms with Gasteiger partial charge in [0.25, 0.3) is 0 Å². The summed E-state index contributed by atoms with van der Waals surface area (Å²) in [6, 6.07) is 9.03. The number of hydrogen-bond acceptors (Lipinski definition) is 7. The number of rotatable bonds is 7. The van der Waals surface area contributed by atoms with Gasteiger partial charge in [-0.2, -0.15) is 0 Å². The van der Waals surface area contributed by atoms with E-state index >= 15 is 0 Å². The SMILES string of the molecule is COc1ccccc1OC(CO)C(=O)c1cc(O)c(O)c(OC)c1. The Morgan fingerprint density at radius 2 is 1.67 bits per heavy atom. The summed E-state index contributed by atoms with van der Waals surface area (Å²) in [5, 5.41) is 28.8. The highest BCUT2D eigenvalue weighted by Gasteiger charge is 2.25. The minimum atomic E-state index is -1.21. The molecule has 2 aromatic carbocycles. The second-order valence-corrected chi connectivity index (χ2v) is 4.85. The Morgan fingerprint density at radius 3 is 2.25 bits per heavy atom. The number of aliphatic hydroxyl groups excluding tert-OH is 1. The maximum absolute atomic E-state index is 12.5. The molecule has 0 aliphatic carbocycles. The second-order valence-electron chi connectivity index (χ2n) is 4.85. The fourth-order valence-electron chi connectivity index (χ4n) is 2.12. The molecule has 24 heavy (non-hydrogen) atoms. The number of carbonyl (C=O) groups excluding carboxylic acids is 1. The molecule has 1 atom stereocenters. The normalized spacial score (nSPS) is 11.6. The molecule has 0 amide bonds. The van der Waals surface area contributed by atoms with Crippen LogP contribution in [0, 0.1) is 0 Å². The Labute approximate surface area is 138 Å². The first-order valence-corrected chi connectivity index (χ1v) is 7.06. The van der Waals surface area contributed by atoms with Gasteiger partial charge < -0.3 is 29.5 Å². The molecular weight excluding hydrogens is 316 g/mol. The molecule has 2 aromatic rings. The van der Waals surface area contributed by atoms with Gasteiger partial charge >= 0.3 is 0 Å². The molecule has 0 fully saturated rings. The molecule has 3 N–H and O–H groups in total. The van der Waals surface area contributed by atoms with Crippen LogP contribution >= 0.6 is 0 Å². The Balaban J connectivity index is 2.31. The van der Waals surface area contributed by atoms with Gasteiger partial charge in [-0.05, 0) is 24.3 Å². The maximum Gasteiger partial charge on any atom is 0.205 e. The van der Waals surface area contributed by atoms with Crippen molar-refractivity contribution < 1.29 is 34.3 Å². The van der Waals surface area contributed by atoms with Crippen LogP contribution in [-0.4, -0.2) is 48.0 Å². The van der Waals surface area contributed by atoms with Gasteiger partial charge in [-0.3, -0.25) is 4.79 Å². The molecule has 0 radical (unpaired) electrons. The van der Waals surface area contributed by atoms with Crippen molar-refractivity contribution in [1.29, 1.82) is 0 Å². The number of hydrogen-bond donors (Lipinski definition) is 3. The largest absolute Gasteiger partial charge is 0.504 e. The maximum atomic E-state index is 12.5. The highest BCUT2D eigenvalue weighted by atomic mass is 16.5. The molecular formula is C17H18O7. The van der Waals surface area contributed by atoms with Crippen molar-refractivity contribution in [3.8, 4) is 28.7 Å². The summed E-state index contributed by atoms with van der Waals surface area (Å²) < 4.78 is 15.6. The van der Waals surface area contributed by atoms with Crippen molar-refractivity contribution in [2.24, 2.45) is 0 Å².